The first-order valence-corrected chi connectivity index (χ1v) is 5.29. The maximum atomic E-state index is 13.0. The molecule has 1 aromatic rings. The summed E-state index contributed by atoms with van der Waals surface area (Å²) >= 11 is 0. The smallest absolute Gasteiger partial charge is 0.331 e. The van der Waals surface area contributed by atoms with E-state index in [0.717, 1.165) is 17.5 Å². The van der Waals surface area contributed by atoms with Crippen LogP contribution in [0.25, 0.3) is 0 Å². The van der Waals surface area contributed by atoms with E-state index in [4.69, 9.17) is 0 Å². The molecular formula is C10H16FN3O3. The van der Waals surface area contributed by atoms with Gasteiger partial charge in [0.2, 0.25) is 11.7 Å². The third kappa shape index (κ3) is 3.42. The van der Waals surface area contributed by atoms with E-state index in [2.05, 4.69) is 0 Å². The average molecular weight is 245 g/mol. The lowest BCUT2D eigenvalue weighted by atomic mass is 10.3. The number of hydrogen-bond donors (Lipinski definition) is 2. The number of nitrogens with zero attached hydrogens (tertiary/aromatic N) is 2. The van der Waals surface area contributed by atoms with Gasteiger partial charge in [-0.25, -0.2) is 4.79 Å². The van der Waals surface area contributed by atoms with Crippen LogP contribution in [0.15, 0.2) is 9.59 Å². The van der Waals surface area contributed by atoms with E-state index in [1.165, 1.54) is 0 Å². The van der Waals surface area contributed by atoms with Gasteiger partial charge in [0.05, 0.1) is 0 Å². The van der Waals surface area contributed by atoms with Gasteiger partial charge in [-0.3, -0.25) is 14.3 Å². The largest absolute Gasteiger partial charge is 0.492 e. The molecule has 0 aliphatic rings. The number of rotatable bonds is 5. The van der Waals surface area contributed by atoms with Crippen LogP contribution in [0.5, 0.6) is 5.88 Å². The van der Waals surface area contributed by atoms with E-state index >= 15 is 0 Å². The van der Waals surface area contributed by atoms with Crippen LogP contribution in [0.3, 0.4) is 0 Å². The second kappa shape index (κ2) is 5.62. The molecule has 0 spiro atoms. The SMILES string of the molecule is CN(C)CCCCn1c(O)c(F)c(=O)[nH]c1=O. The Balaban J connectivity index is 2.75. The Morgan fingerprint density at radius 3 is 2.59 bits per heavy atom. The predicted molar refractivity (Wildman–Crippen MR) is 60.7 cm³/mol. The molecule has 1 rings (SSSR count). The zero-order valence-corrected chi connectivity index (χ0v) is 9.86. The fraction of sp³-hybridized carbons (Fsp3) is 0.600. The first kappa shape index (κ1) is 13.4. The Bertz CT molecular complexity index is 493. The highest BCUT2D eigenvalue weighted by Crippen LogP contribution is 2.08. The fourth-order valence-corrected chi connectivity index (χ4v) is 1.44. The van der Waals surface area contributed by atoms with Crippen molar-refractivity contribution in [1.82, 2.24) is 14.5 Å². The van der Waals surface area contributed by atoms with Crippen molar-refractivity contribution in [2.75, 3.05) is 20.6 Å². The number of halogens is 1. The quantitative estimate of drug-likeness (QED) is 0.699. The number of hydrogen-bond acceptors (Lipinski definition) is 4. The number of aromatic hydroxyl groups is 1. The fourth-order valence-electron chi connectivity index (χ4n) is 1.44. The highest BCUT2D eigenvalue weighted by molar-refractivity contribution is 5.09. The molecule has 17 heavy (non-hydrogen) atoms. The molecule has 0 saturated heterocycles. The van der Waals surface area contributed by atoms with E-state index in [-0.39, 0.29) is 6.54 Å². The van der Waals surface area contributed by atoms with Crippen LogP contribution in [0.4, 0.5) is 4.39 Å². The van der Waals surface area contributed by atoms with Crippen molar-refractivity contribution in [3.63, 3.8) is 0 Å². The summed E-state index contributed by atoms with van der Waals surface area (Å²) < 4.78 is 13.9. The number of H-pyrrole nitrogens is 1. The van der Waals surface area contributed by atoms with Crippen LogP contribution in [0.2, 0.25) is 0 Å². The second-order valence-corrected chi connectivity index (χ2v) is 4.06. The lowest BCUT2D eigenvalue weighted by molar-refractivity contribution is 0.346. The molecule has 1 heterocycles. The first-order chi connectivity index (χ1) is 7.93. The average Bonchev–Trinajstić information content (AvgIpc) is 2.24. The summed E-state index contributed by atoms with van der Waals surface area (Å²) in [6.07, 6.45) is 1.41. The molecule has 6 nitrogen and oxygen atoms in total. The van der Waals surface area contributed by atoms with Crippen molar-refractivity contribution in [2.24, 2.45) is 0 Å². The topological polar surface area (TPSA) is 78.3 Å². The lowest BCUT2D eigenvalue weighted by Crippen LogP contribution is -2.32. The maximum absolute atomic E-state index is 13.0. The van der Waals surface area contributed by atoms with Crippen LogP contribution < -0.4 is 11.2 Å². The third-order valence-corrected chi connectivity index (χ3v) is 2.35. The normalized spacial score (nSPS) is 11.1. The summed E-state index contributed by atoms with van der Waals surface area (Å²) in [6, 6.07) is 0. The molecule has 1 aromatic heterocycles. The van der Waals surface area contributed by atoms with E-state index in [1.807, 2.05) is 19.0 Å². The molecular weight excluding hydrogens is 229 g/mol. The number of nitrogens with one attached hydrogen (secondary N) is 1. The second-order valence-electron chi connectivity index (χ2n) is 4.06. The Hall–Kier alpha value is -1.63. The maximum Gasteiger partial charge on any atom is 0.331 e. The Morgan fingerprint density at radius 2 is 2.00 bits per heavy atom. The zero-order valence-electron chi connectivity index (χ0n) is 9.86. The van der Waals surface area contributed by atoms with Crippen molar-refractivity contribution in [2.45, 2.75) is 19.4 Å². The van der Waals surface area contributed by atoms with E-state index in [9.17, 15) is 19.1 Å². The van der Waals surface area contributed by atoms with E-state index < -0.39 is 22.9 Å². The molecule has 7 heteroatoms. The monoisotopic (exact) mass is 245 g/mol. The van der Waals surface area contributed by atoms with Crippen LogP contribution in [-0.4, -0.2) is 40.2 Å². The Morgan fingerprint density at radius 1 is 1.35 bits per heavy atom. The van der Waals surface area contributed by atoms with Gasteiger partial charge >= 0.3 is 5.69 Å². The van der Waals surface area contributed by atoms with Crippen LogP contribution in [0, 0.1) is 5.82 Å². The van der Waals surface area contributed by atoms with Gasteiger partial charge in [-0.15, -0.1) is 0 Å². The first-order valence-electron chi connectivity index (χ1n) is 5.29. The molecule has 0 aromatic carbocycles. The highest BCUT2D eigenvalue weighted by Gasteiger charge is 2.12. The van der Waals surface area contributed by atoms with Crippen molar-refractivity contribution in [3.05, 3.63) is 26.7 Å². The third-order valence-electron chi connectivity index (χ3n) is 2.35. The van der Waals surface area contributed by atoms with E-state index in [1.54, 1.807) is 4.98 Å². The molecule has 0 atom stereocenters. The van der Waals surface area contributed by atoms with Gasteiger partial charge in [-0.1, -0.05) is 0 Å². The van der Waals surface area contributed by atoms with Crippen molar-refractivity contribution >= 4 is 0 Å². The van der Waals surface area contributed by atoms with Crippen LogP contribution >= 0.6 is 0 Å². The summed E-state index contributed by atoms with van der Waals surface area (Å²) in [6.45, 7) is 1.01. The molecule has 0 saturated carbocycles. The molecule has 0 aliphatic carbocycles. The predicted octanol–water partition coefficient (Wildman–Crippen LogP) is -0.277. The van der Waals surface area contributed by atoms with Crippen LogP contribution in [0.1, 0.15) is 12.8 Å². The van der Waals surface area contributed by atoms with Crippen molar-refractivity contribution in [1.29, 1.82) is 0 Å². The molecule has 2 N–H and O–H groups in total. The molecule has 0 fully saturated rings. The molecule has 96 valence electrons. The lowest BCUT2D eigenvalue weighted by Gasteiger charge is -2.10. The van der Waals surface area contributed by atoms with Gasteiger partial charge in [0.25, 0.3) is 5.56 Å². The van der Waals surface area contributed by atoms with Gasteiger partial charge < -0.3 is 10.0 Å². The minimum atomic E-state index is -1.32. The summed E-state index contributed by atoms with van der Waals surface area (Å²) in [5.74, 6) is -2.22. The van der Waals surface area contributed by atoms with Crippen molar-refractivity contribution < 1.29 is 9.50 Å². The summed E-state index contributed by atoms with van der Waals surface area (Å²) in [4.78, 5) is 25.9. The molecule has 0 aliphatic heterocycles. The summed E-state index contributed by atoms with van der Waals surface area (Å²) in [7, 11) is 3.84. The molecule has 0 unspecified atom stereocenters. The number of aromatic nitrogens is 2. The van der Waals surface area contributed by atoms with Gasteiger partial charge in [-0.2, -0.15) is 4.39 Å². The minimum absolute atomic E-state index is 0.173. The molecule has 0 bridgehead atoms. The summed E-state index contributed by atoms with van der Waals surface area (Å²) in [5, 5.41) is 9.33. The molecule has 0 amide bonds. The highest BCUT2D eigenvalue weighted by atomic mass is 19.1. The number of unbranched alkanes of at least 4 members (excludes halogenated alkanes) is 1. The summed E-state index contributed by atoms with van der Waals surface area (Å²) in [5.41, 5.74) is -1.99. The van der Waals surface area contributed by atoms with Gasteiger partial charge in [0.15, 0.2) is 0 Å². The van der Waals surface area contributed by atoms with Gasteiger partial charge in [-0.05, 0) is 33.5 Å². The zero-order chi connectivity index (χ0) is 13.0. The number of aromatic amines is 1. The molecule has 0 radical (unpaired) electrons. The Labute approximate surface area is 97.3 Å². The van der Waals surface area contributed by atoms with Crippen LogP contribution in [-0.2, 0) is 6.54 Å². The Kier molecular flexibility index (Phi) is 4.45. The standard InChI is InChI=1S/C10H16FN3O3/c1-13(2)5-3-4-6-14-9(16)7(11)8(15)12-10(14)17/h16H,3-6H2,1-2H3,(H,12,15,17). The van der Waals surface area contributed by atoms with Gasteiger partial charge in [0.1, 0.15) is 0 Å². The van der Waals surface area contributed by atoms with Crippen molar-refractivity contribution in [3.8, 4) is 5.88 Å². The van der Waals surface area contributed by atoms with E-state index in [0.29, 0.717) is 6.42 Å². The van der Waals surface area contributed by atoms with Gasteiger partial charge in [0, 0.05) is 6.54 Å². The minimum Gasteiger partial charge on any atom is -0.492 e.